The van der Waals surface area contributed by atoms with E-state index in [4.69, 9.17) is 0 Å². The highest BCUT2D eigenvalue weighted by Gasteiger charge is 2.25. The van der Waals surface area contributed by atoms with Gasteiger partial charge in [-0.25, -0.2) is 17.8 Å². The number of aliphatic imine (C=N–C) groups is 1. The van der Waals surface area contributed by atoms with E-state index in [1.807, 2.05) is 13.0 Å². The molecule has 0 amide bonds. The summed E-state index contributed by atoms with van der Waals surface area (Å²) in [6, 6.07) is 13.5. The molecule has 0 bridgehead atoms. The van der Waals surface area contributed by atoms with Crippen LogP contribution in [0.1, 0.15) is 37.3 Å². The summed E-state index contributed by atoms with van der Waals surface area (Å²) in [5.41, 5.74) is 1.36. The summed E-state index contributed by atoms with van der Waals surface area (Å²) in [5.74, 6) is 0.279. The molecule has 1 heterocycles. The van der Waals surface area contributed by atoms with Crippen molar-refractivity contribution in [1.82, 2.24) is 14.9 Å². The Kier molecular flexibility index (Phi) is 7.81. The zero-order valence-electron chi connectivity index (χ0n) is 17.3. The number of benzene rings is 2. The van der Waals surface area contributed by atoms with Crippen molar-refractivity contribution in [1.29, 1.82) is 0 Å². The molecule has 2 aromatic rings. The highest BCUT2D eigenvalue weighted by atomic mass is 32.2. The number of nitrogens with zero attached hydrogens (tertiary/aromatic N) is 2. The van der Waals surface area contributed by atoms with Gasteiger partial charge < -0.3 is 10.6 Å². The van der Waals surface area contributed by atoms with Gasteiger partial charge in [0.1, 0.15) is 5.82 Å². The summed E-state index contributed by atoms with van der Waals surface area (Å²) in [7, 11) is -3.47. The highest BCUT2D eigenvalue weighted by molar-refractivity contribution is 7.89. The van der Waals surface area contributed by atoms with E-state index in [-0.39, 0.29) is 5.82 Å². The van der Waals surface area contributed by atoms with Gasteiger partial charge in [-0.15, -0.1) is 0 Å². The van der Waals surface area contributed by atoms with E-state index in [9.17, 15) is 12.8 Å². The molecule has 0 spiro atoms. The van der Waals surface area contributed by atoms with E-state index >= 15 is 0 Å². The summed E-state index contributed by atoms with van der Waals surface area (Å²) in [4.78, 5) is 4.83. The van der Waals surface area contributed by atoms with Crippen molar-refractivity contribution >= 4 is 16.0 Å². The van der Waals surface area contributed by atoms with Gasteiger partial charge in [-0.1, -0.05) is 36.8 Å². The van der Waals surface area contributed by atoms with Crippen LogP contribution >= 0.6 is 0 Å². The fraction of sp³-hybridized carbons (Fsp3) is 0.409. The van der Waals surface area contributed by atoms with Crippen LogP contribution in [0, 0.1) is 5.82 Å². The predicted molar refractivity (Wildman–Crippen MR) is 117 cm³/mol. The number of rotatable bonds is 7. The van der Waals surface area contributed by atoms with Gasteiger partial charge in [-0.3, -0.25) is 0 Å². The van der Waals surface area contributed by atoms with Crippen LogP contribution in [0.2, 0.25) is 0 Å². The number of piperidine rings is 1. The maximum atomic E-state index is 13.8. The molecule has 2 aromatic carbocycles. The first-order valence-electron chi connectivity index (χ1n) is 10.4. The van der Waals surface area contributed by atoms with Crippen LogP contribution in [0.15, 0.2) is 58.4 Å². The molecular weight excluding hydrogens is 403 g/mol. The number of hydrogen-bond acceptors (Lipinski definition) is 3. The number of sulfonamides is 1. The Labute approximate surface area is 178 Å². The van der Waals surface area contributed by atoms with Crippen molar-refractivity contribution in [3.8, 4) is 0 Å². The normalized spacial score (nSPS) is 15.7. The number of halogens is 1. The van der Waals surface area contributed by atoms with Gasteiger partial charge in [0, 0.05) is 31.7 Å². The lowest BCUT2D eigenvalue weighted by molar-refractivity contribution is 0.346. The van der Waals surface area contributed by atoms with E-state index < -0.39 is 10.0 Å². The second-order valence-corrected chi connectivity index (χ2v) is 9.19. The standard InChI is InChI=1S/C22H29FN4O2S/c1-2-24-22(26-17-19-10-4-5-12-21(19)23)25-16-18-9-8-11-20(15-18)30(28,29)27-13-6-3-7-14-27/h4-5,8-12,15H,2-3,6-7,13-14,16-17H2,1H3,(H2,24,25,26). The van der Waals surface area contributed by atoms with Crippen molar-refractivity contribution in [2.45, 2.75) is 44.2 Å². The first kappa shape index (κ1) is 22.2. The molecule has 0 aromatic heterocycles. The largest absolute Gasteiger partial charge is 0.357 e. The van der Waals surface area contributed by atoms with Crippen molar-refractivity contribution in [3.63, 3.8) is 0 Å². The van der Waals surface area contributed by atoms with Gasteiger partial charge in [0.15, 0.2) is 5.96 Å². The summed E-state index contributed by atoms with van der Waals surface area (Å²) in [6.07, 6.45) is 2.89. The van der Waals surface area contributed by atoms with Crippen molar-refractivity contribution in [2.24, 2.45) is 4.99 Å². The van der Waals surface area contributed by atoms with Crippen LogP contribution in [0.5, 0.6) is 0 Å². The van der Waals surface area contributed by atoms with Crippen LogP contribution in [-0.2, 0) is 23.1 Å². The SMILES string of the molecule is CCNC(=NCc1cccc(S(=O)(=O)N2CCCCC2)c1)NCc1ccccc1F. The Morgan fingerprint density at radius 1 is 1.07 bits per heavy atom. The molecule has 1 fully saturated rings. The third-order valence-corrected chi connectivity index (χ3v) is 6.91. The zero-order valence-corrected chi connectivity index (χ0v) is 18.1. The van der Waals surface area contributed by atoms with E-state index in [2.05, 4.69) is 15.6 Å². The Balaban J connectivity index is 1.70. The molecule has 0 aliphatic carbocycles. The predicted octanol–water partition coefficient (Wildman–Crippen LogP) is 3.26. The maximum Gasteiger partial charge on any atom is 0.243 e. The average Bonchev–Trinajstić information content (AvgIpc) is 2.77. The van der Waals surface area contributed by atoms with Crippen LogP contribution in [0.25, 0.3) is 0 Å². The lowest BCUT2D eigenvalue weighted by Crippen LogP contribution is -2.37. The van der Waals surface area contributed by atoms with Gasteiger partial charge in [-0.2, -0.15) is 4.31 Å². The van der Waals surface area contributed by atoms with Crippen LogP contribution in [0.3, 0.4) is 0 Å². The molecule has 3 rings (SSSR count). The summed E-state index contributed by atoms with van der Waals surface area (Å²) in [5, 5.41) is 6.25. The quantitative estimate of drug-likeness (QED) is 0.520. The van der Waals surface area contributed by atoms with Crippen molar-refractivity contribution < 1.29 is 12.8 Å². The maximum absolute atomic E-state index is 13.8. The molecule has 2 N–H and O–H groups in total. The van der Waals surface area contributed by atoms with Gasteiger partial charge in [0.25, 0.3) is 0 Å². The van der Waals surface area contributed by atoms with Crippen LogP contribution < -0.4 is 10.6 Å². The molecule has 1 aliphatic rings. The Hall–Kier alpha value is -2.45. The van der Waals surface area contributed by atoms with Gasteiger partial charge >= 0.3 is 0 Å². The zero-order chi connectivity index (χ0) is 21.4. The smallest absolute Gasteiger partial charge is 0.243 e. The highest BCUT2D eigenvalue weighted by Crippen LogP contribution is 2.21. The van der Waals surface area contributed by atoms with Crippen LogP contribution in [0.4, 0.5) is 4.39 Å². The van der Waals surface area contributed by atoms with Crippen molar-refractivity contribution in [3.05, 3.63) is 65.5 Å². The molecule has 0 radical (unpaired) electrons. The molecule has 0 atom stereocenters. The molecule has 1 saturated heterocycles. The monoisotopic (exact) mass is 432 g/mol. The molecule has 162 valence electrons. The van der Waals surface area contributed by atoms with E-state index in [1.165, 1.54) is 6.07 Å². The lowest BCUT2D eigenvalue weighted by atomic mass is 10.2. The third kappa shape index (κ3) is 5.79. The first-order valence-corrected chi connectivity index (χ1v) is 11.8. The van der Waals surface area contributed by atoms with Crippen molar-refractivity contribution in [2.75, 3.05) is 19.6 Å². The van der Waals surface area contributed by atoms with E-state index in [0.717, 1.165) is 24.8 Å². The summed E-state index contributed by atoms with van der Waals surface area (Å²) in [6.45, 7) is 4.39. The minimum absolute atomic E-state index is 0.267. The molecule has 6 nitrogen and oxygen atoms in total. The second-order valence-electron chi connectivity index (χ2n) is 7.25. The molecule has 0 saturated carbocycles. The van der Waals surface area contributed by atoms with Gasteiger partial charge in [0.2, 0.25) is 10.0 Å². The van der Waals surface area contributed by atoms with Crippen LogP contribution in [-0.4, -0.2) is 38.3 Å². The molecule has 1 aliphatic heterocycles. The fourth-order valence-corrected chi connectivity index (χ4v) is 4.98. The minimum Gasteiger partial charge on any atom is -0.357 e. The topological polar surface area (TPSA) is 73.8 Å². The summed E-state index contributed by atoms with van der Waals surface area (Å²) < 4.78 is 41.2. The molecule has 30 heavy (non-hydrogen) atoms. The second kappa shape index (κ2) is 10.5. The fourth-order valence-electron chi connectivity index (χ4n) is 3.39. The minimum atomic E-state index is -3.47. The molecular formula is C22H29FN4O2S. The van der Waals surface area contributed by atoms with Gasteiger partial charge in [0.05, 0.1) is 11.4 Å². The Bertz CT molecular complexity index is 973. The van der Waals surface area contributed by atoms with E-state index in [0.29, 0.717) is 49.1 Å². The lowest BCUT2D eigenvalue weighted by Gasteiger charge is -2.26. The summed E-state index contributed by atoms with van der Waals surface area (Å²) >= 11 is 0. The van der Waals surface area contributed by atoms with E-state index in [1.54, 1.807) is 40.7 Å². The number of guanidine groups is 1. The molecule has 8 heteroatoms. The number of nitrogens with one attached hydrogen (secondary N) is 2. The number of hydrogen-bond donors (Lipinski definition) is 2. The molecule has 0 unspecified atom stereocenters. The Morgan fingerprint density at radius 2 is 1.83 bits per heavy atom. The average molecular weight is 433 g/mol. The van der Waals surface area contributed by atoms with Gasteiger partial charge in [-0.05, 0) is 43.5 Å². The Morgan fingerprint density at radius 3 is 2.57 bits per heavy atom. The third-order valence-electron chi connectivity index (χ3n) is 5.02. The first-order chi connectivity index (χ1) is 14.5.